The van der Waals surface area contributed by atoms with Gasteiger partial charge in [-0.2, -0.15) is 0 Å². The van der Waals surface area contributed by atoms with E-state index in [-0.39, 0.29) is 5.91 Å². The predicted molar refractivity (Wildman–Crippen MR) is 86.3 cm³/mol. The van der Waals surface area contributed by atoms with Crippen molar-refractivity contribution in [2.75, 3.05) is 32.7 Å². The second-order valence-electron chi connectivity index (χ2n) is 6.97. The Hall–Kier alpha value is -1.40. The molecule has 2 aliphatic rings. The lowest BCUT2D eigenvalue weighted by Crippen LogP contribution is -2.55. The van der Waals surface area contributed by atoms with Crippen LogP contribution < -0.4 is 0 Å². The van der Waals surface area contributed by atoms with Crippen LogP contribution in [-0.4, -0.2) is 64.3 Å². The molecule has 0 radical (unpaired) electrons. The molecule has 0 bridgehead atoms. The molecule has 1 atom stereocenters. The lowest BCUT2D eigenvalue weighted by Gasteiger charge is -2.40. The molecule has 1 N–H and O–H groups in total. The molecule has 2 saturated heterocycles. The Morgan fingerprint density at radius 3 is 2.87 bits per heavy atom. The fraction of sp³-hybridized carbons (Fsp3) is 0.765. The molecule has 1 amide bonds. The van der Waals surface area contributed by atoms with E-state index >= 15 is 0 Å². The fourth-order valence-corrected chi connectivity index (χ4v) is 3.71. The van der Waals surface area contributed by atoms with E-state index in [0.29, 0.717) is 25.3 Å². The quantitative estimate of drug-likeness (QED) is 0.894. The van der Waals surface area contributed by atoms with E-state index in [4.69, 9.17) is 4.52 Å². The van der Waals surface area contributed by atoms with Crippen molar-refractivity contribution in [1.29, 1.82) is 0 Å². The molecule has 1 aromatic rings. The summed E-state index contributed by atoms with van der Waals surface area (Å²) in [7, 11) is 0. The number of hydrogen-bond donors (Lipinski definition) is 1. The summed E-state index contributed by atoms with van der Waals surface area (Å²) in [4.78, 5) is 16.7. The van der Waals surface area contributed by atoms with E-state index in [1.807, 2.05) is 0 Å². The molecular weight excluding hydrogens is 294 g/mol. The molecule has 2 fully saturated rings. The zero-order valence-electron chi connectivity index (χ0n) is 14.0. The summed E-state index contributed by atoms with van der Waals surface area (Å²) in [6.07, 6.45) is 5.75. The number of carbonyl (C=O) groups is 1. The van der Waals surface area contributed by atoms with Crippen LogP contribution in [0, 0.1) is 0 Å². The van der Waals surface area contributed by atoms with Crippen molar-refractivity contribution in [2.24, 2.45) is 0 Å². The van der Waals surface area contributed by atoms with Gasteiger partial charge in [-0.05, 0) is 45.2 Å². The first-order valence-electron chi connectivity index (χ1n) is 8.79. The van der Waals surface area contributed by atoms with Crippen LogP contribution in [0.25, 0.3) is 0 Å². The van der Waals surface area contributed by atoms with E-state index < -0.39 is 5.60 Å². The van der Waals surface area contributed by atoms with Crippen molar-refractivity contribution >= 4 is 5.91 Å². The molecule has 0 spiro atoms. The Kier molecular flexibility index (Phi) is 5.02. The standard InChI is InChI=1S/C17H27N3O3/c1-2-6-14-11-15(18-23-14)16(21)20-10-5-7-17(22,13-20)12-19-8-3-4-9-19/h11,22H,2-10,12-13H2,1H3/t17-/m0/s1. The minimum absolute atomic E-state index is 0.129. The average Bonchev–Trinajstić information content (AvgIpc) is 3.18. The highest BCUT2D eigenvalue weighted by Gasteiger charge is 2.38. The van der Waals surface area contributed by atoms with Crippen molar-refractivity contribution in [2.45, 2.75) is 51.0 Å². The molecule has 0 aliphatic carbocycles. The van der Waals surface area contributed by atoms with Crippen molar-refractivity contribution in [3.05, 3.63) is 17.5 Å². The number of β-amino-alcohol motifs (C(OH)–C–C–N with tert-alkyl or cyclic N) is 1. The average molecular weight is 321 g/mol. The van der Waals surface area contributed by atoms with E-state index in [2.05, 4.69) is 17.0 Å². The van der Waals surface area contributed by atoms with Gasteiger partial charge in [-0.25, -0.2) is 0 Å². The smallest absolute Gasteiger partial charge is 0.276 e. The van der Waals surface area contributed by atoms with Crippen LogP contribution in [0.3, 0.4) is 0 Å². The second-order valence-corrected chi connectivity index (χ2v) is 6.97. The van der Waals surface area contributed by atoms with Crippen molar-refractivity contribution in [3.63, 3.8) is 0 Å². The number of carbonyl (C=O) groups excluding carboxylic acids is 1. The van der Waals surface area contributed by atoms with Crippen molar-refractivity contribution in [3.8, 4) is 0 Å². The van der Waals surface area contributed by atoms with Gasteiger partial charge in [0, 0.05) is 25.6 Å². The molecule has 0 saturated carbocycles. The third-order valence-electron chi connectivity index (χ3n) is 4.83. The summed E-state index contributed by atoms with van der Waals surface area (Å²) in [6, 6.07) is 1.74. The molecule has 6 nitrogen and oxygen atoms in total. The van der Waals surface area contributed by atoms with Crippen LogP contribution in [0.5, 0.6) is 0 Å². The first-order valence-corrected chi connectivity index (χ1v) is 8.79. The Morgan fingerprint density at radius 2 is 2.13 bits per heavy atom. The Morgan fingerprint density at radius 1 is 1.35 bits per heavy atom. The minimum Gasteiger partial charge on any atom is -0.387 e. The number of piperidine rings is 1. The van der Waals surface area contributed by atoms with Gasteiger partial charge < -0.3 is 19.4 Å². The summed E-state index contributed by atoms with van der Waals surface area (Å²) in [5.74, 6) is 0.621. The Labute approximate surface area is 137 Å². The van der Waals surface area contributed by atoms with Crippen LogP contribution in [0.1, 0.15) is 55.3 Å². The summed E-state index contributed by atoms with van der Waals surface area (Å²) in [5, 5.41) is 14.8. The minimum atomic E-state index is -0.797. The van der Waals surface area contributed by atoms with Gasteiger partial charge in [-0.15, -0.1) is 0 Å². The van der Waals surface area contributed by atoms with Crippen molar-refractivity contribution in [1.82, 2.24) is 15.0 Å². The molecule has 3 heterocycles. The largest absolute Gasteiger partial charge is 0.387 e. The first kappa shape index (κ1) is 16.5. The maximum atomic E-state index is 12.6. The van der Waals surface area contributed by atoms with E-state index in [1.165, 1.54) is 12.8 Å². The Balaban J connectivity index is 1.63. The van der Waals surface area contributed by atoms with Gasteiger partial charge in [0.2, 0.25) is 0 Å². The van der Waals surface area contributed by atoms with Crippen molar-refractivity contribution < 1.29 is 14.4 Å². The summed E-state index contributed by atoms with van der Waals surface area (Å²) >= 11 is 0. The highest BCUT2D eigenvalue weighted by molar-refractivity contribution is 5.92. The second kappa shape index (κ2) is 7.01. The molecule has 0 unspecified atom stereocenters. The summed E-state index contributed by atoms with van der Waals surface area (Å²) in [6.45, 7) is 5.90. The van der Waals surface area contributed by atoms with E-state index in [9.17, 15) is 9.90 Å². The third-order valence-corrected chi connectivity index (χ3v) is 4.83. The van der Waals surface area contributed by atoms with Gasteiger partial charge in [0.15, 0.2) is 5.69 Å². The first-order chi connectivity index (χ1) is 11.1. The zero-order chi connectivity index (χ0) is 16.3. The lowest BCUT2D eigenvalue weighted by molar-refractivity contribution is -0.0433. The monoisotopic (exact) mass is 321 g/mol. The number of rotatable bonds is 5. The fourth-order valence-electron chi connectivity index (χ4n) is 3.71. The lowest BCUT2D eigenvalue weighted by atomic mass is 9.92. The highest BCUT2D eigenvalue weighted by atomic mass is 16.5. The summed E-state index contributed by atoms with van der Waals surface area (Å²) < 4.78 is 5.21. The number of amides is 1. The number of hydrogen-bond acceptors (Lipinski definition) is 5. The molecule has 23 heavy (non-hydrogen) atoms. The predicted octanol–water partition coefficient (Wildman–Crippen LogP) is 1.69. The zero-order valence-corrected chi connectivity index (χ0v) is 14.0. The number of likely N-dealkylation sites (tertiary alicyclic amines) is 2. The van der Waals surface area contributed by atoms with Gasteiger partial charge in [-0.3, -0.25) is 4.79 Å². The van der Waals surface area contributed by atoms with Crippen LogP contribution in [-0.2, 0) is 6.42 Å². The molecule has 128 valence electrons. The number of aryl methyl sites for hydroxylation is 1. The molecule has 2 aliphatic heterocycles. The molecule has 0 aromatic carbocycles. The topological polar surface area (TPSA) is 69.8 Å². The van der Waals surface area contributed by atoms with Gasteiger partial charge in [0.25, 0.3) is 5.91 Å². The Bertz CT molecular complexity index is 539. The summed E-state index contributed by atoms with van der Waals surface area (Å²) in [5.41, 5.74) is -0.437. The van der Waals surface area contributed by atoms with Crippen LogP contribution in [0.15, 0.2) is 10.6 Å². The van der Waals surface area contributed by atoms with E-state index in [0.717, 1.165) is 44.5 Å². The molecule has 1 aromatic heterocycles. The molecule has 6 heteroatoms. The van der Waals surface area contributed by atoms with Crippen LogP contribution in [0.2, 0.25) is 0 Å². The maximum absolute atomic E-state index is 12.6. The maximum Gasteiger partial charge on any atom is 0.276 e. The van der Waals surface area contributed by atoms with Crippen LogP contribution >= 0.6 is 0 Å². The third kappa shape index (κ3) is 3.93. The van der Waals surface area contributed by atoms with Gasteiger partial charge in [0.1, 0.15) is 5.76 Å². The van der Waals surface area contributed by atoms with E-state index in [1.54, 1.807) is 11.0 Å². The van der Waals surface area contributed by atoms with Gasteiger partial charge in [0.05, 0.1) is 12.1 Å². The van der Waals surface area contributed by atoms with Gasteiger partial charge >= 0.3 is 0 Å². The number of nitrogens with zero attached hydrogens (tertiary/aromatic N) is 3. The normalized spacial score (nSPS) is 25.9. The number of aliphatic hydroxyl groups is 1. The molecular formula is C17H27N3O3. The SMILES string of the molecule is CCCc1cc(C(=O)N2CCC[C@](O)(CN3CCCC3)C2)no1. The number of aromatic nitrogens is 1. The van der Waals surface area contributed by atoms with Crippen LogP contribution in [0.4, 0.5) is 0 Å². The highest BCUT2D eigenvalue weighted by Crippen LogP contribution is 2.25. The molecule has 3 rings (SSSR count). The van der Waals surface area contributed by atoms with Gasteiger partial charge in [-0.1, -0.05) is 12.1 Å².